The molecule has 0 aliphatic carbocycles. The van der Waals surface area contributed by atoms with Gasteiger partial charge in [0.05, 0.1) is 0 Å². The zero-order chi connectivity index (χ0) is 16.0. The van der Waals surface area contributed by atoms with Crippen molar-refractivity contribution in [2.45, 2.75) is 38.5 Å². The molecule has 0 spiro atoms. The maximum atomic E-state index is 10.5. The molecule has 0 aromatic carbocycles. The van der Waals surface area contributed by atoms with Crippen molar-refractivity contribution in [3.63, 3.8) is 0 Å². The molecule has 0 unspecified atom stereocenters. The van der Waals surface area contributed by atoms with Crippen LogP contribution in [0.15, 0.2) is 25.3 Å². The van der Waals surface area contributed by atoms with Gasteiger partial charge in [-0.1, -0.05) is 13.2 Å². The number of carboxylic acid groups (broad SMARTS) is 2. The zero-order valence-corrected chi connectivity index (χ0v) is 14.2. The van der Waals surface area contributed by atoms with Crippen LogP contribution < -0.4 is 10.2 Å². The Kier molecular flexibility index (Phi) is 20.3. The van der Waals surface area contributed by atoms with Gasteiger partial charge >= 0.3 is 37.7 Å². The van der Waals surface area contributed by atoms with E-state index in [2.05, 4.69) is 13.2 Å². The van der Waals surface area contributed by atoms with Gasteiger partial charge in [-0.15, -0.1) is 0 Å². The minimum Gasteiger partial charge on any atom is -0.550 e. The number of aliphatic carboxylic acids is 2. The topological polar surface area (TPSA) is 114 Å². The van der Waals surface area contributed by atoms with Gasteiger partial charge in [-0.25, -0.2) is 0 Å². The molecule has 0 amide bonds. The smallest absolute Gasteiger partial charge is 0.550 e. The molecule has 0 aromatic rings. The fourth-order valence-electron chi connectivity index (χ4n) is 1.02. The Morgan fingerprint density at radius 2 is 1.00 bits per heavy atom. The van der Waals surface area contributed by atoms with Gasteiger partial charge in [0.15, 0.2) is 11.6 Å². The summed E-state index contributed by atoms with van der Waals surface area (Å²) < 4.78 is 0. The summed E-state index contributed by atoms with van der Waals surface area (Å²) in [5.41, 5.74) is 0. The van der Waals surface area contributed by atoms with E-state index in [-0.39, 0.29) is 75.0 Å². The Morgan fingerprint density at radius 1 is 0.714 bits per heavy atom. The third kappa shape index (κ3) is 24.4. The van der Waals surface area contributed by atoms with Crippen molar-refractivity contribution in [3.8, 4) is 0 Å². The van der Waals surface area contributed by atoms with Crippen LogP contribution in [0.4, 0.5) is 0 Å². The van der Waals surface area contributed by atoms with E-state index < -0.39 is 11.9 Å². The van der Waals surface area contributed by atoms with Crippen molar-refractivity contribution in [3.05, 3.63) is 25.3 Å². The van der Waals surface area contributed by atoms with E-state index in [0.717, 1.165) is 0 Å². The molecule has 0 rings (SSSR count). The third-order valence-electron chi connectivity index (χ3n) is 2.06. The van der Waals surface area contributed by atoms with Crippen molar-refractivity contribution in [1.82, 2.24) is 0 Å². The second kappa shape index (κ2) is 17.1. The average molecular weight is 322 g/mol. The molecule has 6 nitrogen and oxygen atoms in total. The average Bonchev–Trinajstić information content (AvgIpc) is 2.38. The Morgan fingerprint density at radius 3 is 1.19 bits per heavy atom. The number of ketones is 2. The summed E-state index contributed by atoms with van der Waals surface area (Å²) in [5.74, 6) is -2.48. The molecule has 0 saturated heterocycles. The predicted molar refractivity (Wildman–Crippen MR) is 73.9 cm³/mol. The van der Waals surface area contributed by atoms with Gasteiger partial charge in [0, 0.05) is 24.8 Å². The first-order valence-electron chi connectivity index (χ1n) is 6.03. The van der Waals surface area contributed by atoms with Crippen molar-refractivity contribution in [2.24, 2.45) is 0 Å². The molecular weight excluding hydrogens is 304 g/mol. The van der Waals surface area contributed by atoms with E-state index in [1.54, 1.807) is 0 Å². The minimum absolute atomic E-state index is 0. The van der Waals surface area contributed by atoms with Crippen LogP contribution in [-0.2, 0) is 19.2 Å². The Balaban J connectivity index is -0.000000295. The second-order valence-corrected chi connectivity index (χ2v) is 3.79. The molecule has 21 heavy (non-hydrogen) atoms. The van der Waals surface area contributed by atoms with Gasteiger partial charge in [0.1, 0.15) is 0 Å². The maximum Gasteiger partial charge on any atom is 2.00 e. The maximum absolute atomic E-state index is 10.5. The molecule has 0 heterocycles. The van der Waals surface area contributed by atoms with Crippen molar-refractivity contribution >= 4 is 61.2 Å². The molecule has 0 saturated carbocycles. The first-order valence-corrected chi connectivity index (χ1v) is 6.03. The zero-order valence-electron chi connectivity index (χ0n) is 12.0. The van der Waals surface area contributed by atoms with Crippen LogP contribution in [0.5, 0.6) is 0 Å². The first-order chi connectivity index (χ1) is 9.33. The van der Waals surface area contributed by atoms with Crippen molar-refractivity contribution < 1.29 is 29.4 Å². The standard InChI is InChI=1S/2C7H10O3.Ca/c2*1-2-6(8)4-3-5-7(9)10;/h2*2H,1,3-5H2,(H,9,10);/q;;+2/p-2. The van der Waals surface area contributed by atoms with E-state index in [4.69, 9.17) is 0 Å². The van der Waals surface area contributed by atoms with Gasteiger partial charge in [0.2, 0.25) is 0 Å². The number of carboxylic acids is 2. The molecule has 112 valence electrons. The van der Waals surface area contributed by atoms with E-state index >= 15 is 0 Å². The van der Waals surface area contributed by atoms with E-state index in [1.165, 1.54) is 12.2 Å². The Labute approximate surface area is 153 Å². The van der Waals surface area contributed by atoms with Crippen LogP contribution in [0.25, 0.3) is 0 Å². The number of carbonyl (C=O) groups excluding carboxylic acids is 4. The SMILES string of the molecule is C=CC(=O)CCCC(=O)[O-].C=CC(=O)CCCC(=O)[O-].[Ca+2]. The fourth-order valence-corrected chi connectivity index (χ4v) is 1.02. The monoisotopic (exact) mass is 322 g/mol. The van der Waals surface area contributed by atoms with Gasteiger partial charge in [0.25, 0.3) is 0 Å². The molecule has 0 aromatic heterocycles. The summed E-state index contributed by atoms with van der Waals surface area (Å²) in [4.78, 5) is 40.6. The molecule has 0 bridgehead atoms. The summed E-state index contributed by atoms with van der Waals surface area (Å²) in [6.07, 6.45) is 3.44. The van der Waals surface area contributed by atoms with Crippen LogP contribution in [-0.4, -0.2) is 61.2 Å². The van der Waals surface area contributed by atoms with Crippen LogP contribution in [0, 0.1) is 0 Å². The summed E-state index contributed by atoms with van der Waals surface area (Å²) >= 11 is 0. The van der Waals surface area contributed by atoms with Gasteiger partial charge < -0.3 is 19.8 Å². The number of rotatable bonds is 10. The minimum atomic E-state index is -1.11. The first kappa shape index (κ1) is 25.0. The van der Waals surface area contributed by atoms with Crippen LogP contribution in [0.2, 0.25) is 0 Å². The van der Waals surface area contributed by atoms with Crippen molar-refractivity contribution in [2.75, 3.05) is 0 Å². The molecule has 0 aliphatic heterocycles. The Bertz CT molecular complexity index is 340. The van der Waals surface area contributed by atoms with Crippen LogP contribution in [0.1, 0.15) is 38.5 Å². The summed E-state index contributed by atoms with van der Waals surface area (Å²) in [7, 11) is 0. The molecule has 7 heteroatoms. The number of hydrogen-bond acceptors (Lipinski definition) is 6. The second-order valence-electron chi connectivity index (χ2n) is 3.79. The molecule has 0 aliphatic rings. The molecule has 0 N–H and O–H groups in total. The van der Waals surface area contributed by atoms with E-state index in [1.807, 2.05) is 0 Å². The van der Waals surface area contributed by atoms with Gasteiger partial charge in [-0.2, -0.15) is 0 Å². The predicted octanol–water partition coefficient (Wildman–Crippen LogP) is -1.06. The molecule has 0 radical (unpaired) electrons. The number of carbonyl (C=O) groups is 4. The largest absolute Gasteiger partial charge is 2.00 e. The van der Waals surface area contributed by atoms with Gasteiger partial charge in [-0.3, -0.25) is 9.59 Å². The number of allylic oxidation sites excluding steroid dienone is 2. The van der Waals surface area contributed by atoms with Gasteiger partial charge in [-0.05, 0) is 37.8 Å². The molecule has 0 atom stereocenters. The fraction of sp³-hybridized carbons (Fsp3) is 0.429. The molecular formula is C14H18CaO6. The van der Waals surface area contributed by atoms with Crippen LogP contribution in [0.3, 0.4) is 0 Å². The summed E-state index contributed by atoms with van der Waals surface area (Å²) in [6.45, 7) is 6.49. The Hall–Kier alpha value is -0.980. The van der Waals surface area contributed by atoms with Crippen LogP contribution >= 0.6 is 0 Å². The quantitative estimate of drug-likeness (QED) is 0.374. The van der Waals surface area contributed by atoms with E-state index in [9.17, 15) is 29.4 Å². The summed E-state index contributed by atoms with van der Waals surface area (Å²) in [5, 5.41) is 19.6. The molecule has 0 fully saturated rings. The number of hydrogen-bond donors (Lipinski definition) is 0. The van der Waals surface area contributed by atoms with Crippen molar-refractivity contribution in [1.29, 1.82) is 0 Å². The summed E-state index contributed by atoms with van der Waals surface area (Å²) in [6, 6.07) is 0. The third-order valence-corrected chi connectivity index (χ3v) is 2.06. The normalized spacial score (nSPS) is 8.38. The van der Waals surface area contributed by atoms with E-state index in [0.29, 0.717) is 12.8 Å².